The van der Waals surface area contributed by atoms with E-state index in [2.05, 4.69) is 4.98 Å². The second kappa shape index (κ2) is 4.00. The van der Waals surface area contributed by atoms with Crippen molar-refractivity contribution in [1.82, 2.24) is 9.55 Å². The molecule has 2 aliphatic heterocycles. The Morgan fingerprint density at radius 2 is 2.09 bits per heavy atom. The highest BCUT2D eigenvalue weighted by Gasteiger charge is 2.48. The van der Waals surface area contributed by atoms with Crippen LogP contribution in [0.4, 0.5) is 4.39 Å². The summed E-state index contributed by atoms with van der Waals surface area (Å²) in [7, 11) is 0. The summed E-state index contributed by atoms with van der Waals surface area (Å²) < 4.78 is 27.7. The second-order valence-electron chi connectivity index (χ2n) is 5.56. The average molecular weight is 317 g/mol. The van der Waals surface area contributed by atoms with Crippen LogP contribution in [0, 0.1) is 5.82 Å². The molecule has 0 atom stereocenters. The summed E-state index contributed by atoms with van der Waals surface area (Å²) in [6, 6.07) is 10.3. The third-order valence-corrected chi connectivity index (χ3v) is 4.43. The van der Waals surface area contributed by atoms with Crippen molar-refractivity contribution >= 4 is 22.5 Å². The number of ether oxygens (including phenoxy) is 2. The Kier molecular flexibility index (Phi) is 2.26. The van der Waals surface area contributed by atoms with E-state index < -0.39 is 5.72 Å². The van der Waals surface area contributed by atoms with Crippen LogP contribution in [0.3, 0.4) is 0 Å². The van der Waals surface area contributed by atoms with Gasteiger partial charge < -0.3 is 9.47 Å². The van der Waals surface area contributed by atoms with Crippen molar-refractivity contribution in [2.75, 3.05) is 13.2 Å². The van der Waals surface area contributed by atoms with Gasteiger partial charge in [0, 0.05) is 5.39 Å². The average Bonchev–Trinajstić information content (AvgIpc) is 2.87. The Balaban J connectivity index is 1.92. The standard InChI is InChI=1S/C16H10ClFN2O2/c17-14-5-4-13-15(19-14)12-6-9-10(18)2-1-3-11(9)20(12)16(22-13)7-21-8-16/h1-6H,7-8H2. The monoisotopic (exact) mass is 316 g/mol. The second-order valence-corrected chi connectivity index (χ2v) is 5.95. The van der Waals surface area contributed by atoms with Crippen LogP contribution in [-0.2, 0) is 10.5 Å². The van der Waals surface area contributed by atoms with Gasteiger partial charge in [-0.15, -0.1) is 0 Å². The van der Waals surface area contributed by atoms with Gasteiger partial charge in [0.2, 0.25) is 5.72 Å². The van der Waals surface area contributed by atoms with Crippen LogP contribution < -0.4 is 4.74 Å². The van der Waals surface area contributed by atoms with E-state index in [0.29, 0.717) is 35.2 Å². The number of benzene rings is 1. The quantitative estimate of drug-likeness (QED) is 0.595. The van der Waals surface area contributed by atoms with Gasteiger partial charge in [-0.25, -0.2) is 9.37 Å². The van der Waals surface area contributed by atoms with E-state index in [1.54, 1.807) is 24.3 Å². The van der Waals surface area contributed by atoms with Crippen molar-refractivity contribution in [1.29, 1.82) is 0 Å². The number of pyridine rings is 1. The minimum absolute atomic E-state index is 0.265. The summed E-state index contributed by atoms with van der Waals surface area (Å²) in [5.74, 6) is 0.377. The fraction of sp³-hybridized carbons (Fsp3) is 0.188. The molecule has 1 aromatic carbocycles. The Bertz CT molecular complexity index is 933. The molecule has 0 aliphatic carbocycles. The largest absolute Gasteiger partial charge is 0.460 e. The zero-order valence-electron chi connectivity index (χ0n) is 11.3. The molecular formula is C16H10ClFN2O2. The van der Waals surface area contributed by atoms with Crippen LogP contribution >= 0.6 is 11.6 Å². The fourth-order valence-electron chi connectivity index (χ4n) is 3.21. The molecule has 1 saturated heterocycles. The number of hydrogen-bond acceptors (Lipinski definition) is 3. The first kappa shape index (κ1) is 12.4. The van der Waals surface area contributed by atoms with Gasteiger partial charge in [-0.3, -0.25) is 4.57 Å². The van der Waals surface area contributed by atoms with Gasteiger partial charge in [-0.2, -0.15) is 0 Å². The van der Waals surface area contributed by atoms with Crippen LogP contribution in [0.5, 0.6) is 5.75 Å². The van der Waals surface area contributed by atoms with Crippen LogP contribution in [-0.4, -0.2) is 22.8 Å². The minimum Gasteiger partial charge on any atom is -0.460 e. The molecule has 4 heterocycles. The molecular weight excluding hydrogens is 307 g/mol. The molecule has 2 aliphatic rings. The molecule has 6 heteroatoms. The lowest BCUT2D eigenvalue weighted by molar-refractivity contribution is -0.211. The predicted octanol–water partition coefficient (Wildman–Crippen LogP) is 3.57. The molecule has 0 radical (unpaired) electrons. The minimum atomic E-state index is -0.632. The normalized spacial score (nSPS) is 17.7. The molecule has 4 nitrogen and oxygen atoms in total. The fourth-order valence-corrected chi connectivity index (χ4v) is 3.36. The SMILES string of the molecule is Fc1cccc2c1cc1n2C2(COC2)Oc2ccc(Cl)nc2-1. The highest BCUT2D eigenvalue weighted by Crippen LogP contribution is 2.46. The summed E-state index contributed by atoms with van der Waals surface area (Å²) in [4.78, 5) is 4.36. The van der Waals surface area contributed by atoms with Gasteiger partial charge in [0.1, 0.15) is 29.9 Å². The Morgan fingerprint density at radius 1 is 1.23 bits per heavy atom. The maximum atomic E-state index is 14.2. The number of nitrogens with zero attached hydrogens (tertiary/aromatic N) is 2. The van der Waals surface area contributed by atoms with Crippen molar-refractivity contribution in [3.63, 3.8) is 0 Å². The zero-order valence-corrected chi connectivity index (χ0v) is 12.1. The smallest absolute Gasteiger partial charge is 0.234 e. The third-order valence-electron chi connectivity index (χ3n) is 4.22. The van der Waals surface area contributed by atoms with E-state index >= 15 is 0 Å². The Morgan fingerprint density at radius 3 is 2.86 bits per heavy atom. The molecule has 0 N–H and O–H groups in total. The van der Waals surface area contributed by atoms with Crippen molar-refractivity contribution in [2.24, 2.45) is 0 Å². The summed E-state index contributed by atoms with van der Waals surface area (Å²) in [5.41, 5.74) is 1.56. The first-order valence-corrected chi connectivity index (χ1v) is 7.30. The first-order valence-electron chi connectivity index (χ1n) is 6.92. The third kappa shape index (κ3) is 1.42. The number of hydrogen-bond donors (Lipinski definition) is 0. The summed E-state index contributed by atoms with van der Waals surface area (Å²) in [5, 5.41) is 0.919. The van der Waals surface area contributed by atoms with E-state index in [-0.39, 0.29) is 5.82 Å². The number of halogens is 2. The summed E-state index contributed by atoms with van der Waals surface area (Å²) >= 11 is 6.02. The predicted molar refractivity (Wildman–Crippen MR) is 79.6 cm³/mol. The van der Waals surface area contributed by atoms with Crippen LogP contribution in [0.25, 0.3) is 22.3 Å². The molecule has 1 fully saturated rings. The van der Waals surface area contributed by atoms with Crippen LogP contribution in [0.1, 0.15) is 0 Å². The Labute approximate surface area is 130 Å². The lowest BCUT2D eigenvalue weighted by Crippen LogP contribution is -2.57. The Hall–Kier alpha value is -2.11. The highest BCUT2D eigenvalue weighted by atomic mass is 35.5. The van der Waals surface area contributed by atoms with Gasteiger partial charge in [-0.05, 0) is 30.3 Å². The summed E-state index contributed by atoms with van der Waals surface area (Å²) in [6.45, 7) is 0.838. The zero-order chi connectivity index (χ0) is 14.9. The van der Waals surface area contributed by atoms with Gasteiger partial charge in [-0.1, -0.05) is 17.7 Å². The molecule has 5 rings (SSSR count). The van der Waals surface area contributed by atoms with Gasteiger partial charge in [0.25, 0.3) is 0 Å². The van der Waals surface area contributed by atoms with E-state index in [0.717, 1.165) is 11.2 Å². The lowest BCUT2D eigenvalue weighted by atomic mass is 10.1. The maximum Gasteiger partial charge on any atom is 0.234 e. The van der Waals surface area contributed by atoms with E-state index in [4.69, 9.17) is 21.1 Å². The van der Waals surface area contributed by atoms with Crippen LogP contribution in [0.2, 0.25) is 5.15 Å². The molecule has 3 aromatic rings. The van der Waals surface area contributed by atoms with Gasteiger partial charge in [0.05, 0.1) is 11.2 Å². The topological polar surface area (TPSA) is 36.3 Å². The first-order chi connectivity index (χ1) is 10.7. The molecule has 22 heavy (non-hydrogen) atoms. The molecule has 1 spiro atoms. The molecule has 0 unspecified atom stereocenters. The van der Waals surface area contributed by atoms with E-state index in [9.17, 15) is 4.39 Å². The number of rotatable bonds is 0. The molecule has 0 amide bonds. The van der Waals surface area contributed by atoms with Crippen LogP contribution in [0.15, 0.2) is 36.4 Å². The number of aromatic nitrogens is 2. The molecule has 2 aromatic heterocycles. The van der Waals surface area contributed by atoms with Gasteiger partial charge in [0.15, 0.2) is 5.75 Å². The van der Waals surface area contributed by atoms with Crippen molar-refractivity contribution < 1.29 is 13.9 Å². The number of fused-ring (bicyclic) bond motifs is 6. The van der Waals surface area contributed by atoms with Crippen molar-refractivity contribution in [3.8, 4) is 17.1 Å². The highest BCUT2D eigenvalue weighted by molar-refractivity contribution is 6.29. The molecule has 0 bridgehead atoms. The van der Waals surface area contributed by atoms with E-state index in [1.165, 1.54) is 6.07 Å². The maximum absolute atomic E-state index is 14.2. The van der Waals surface area contributed by atoms with E-state index in [1.807, 2.05) is 10.6 Å². The van der Waals surface area contributed by atoms with Crippen molar-refractivity contribution in [2.45, 2.75) is 5.72 Å². The van der Waals surface area contributed by atoms with Gasteiger partial charge >= 0.3 is 0 Å². The van der Waals surface area contributed by atoms with Crippen molar-refractivity contribution in [3.05, 3.63) is 47.4 Å². The lowest BCUT2D eigenvalue weighted by Gasteiger charge is -2.46. The molecule has 0 saturated carbocycles. The molecule has 110 valence electrons. The summed E-state index contributed by atoms with van der Waals surface area (Å²) in [6.07, 6.45) is 0.